The molecule has 13 aromatic rings. The van der Waals surface area contributed by atoms with Crippen LogP contribution in [0.15, 0.2) is 211 Å². The highest BCUT2D eigenvalue weighted by molar-refractivity contribution is 7.26. The molecular weight excluding hydrogens is 749 g/mol. The lowest BCUT2D eigenvalue weighted by Crippen LogP contribution is -2.10. The van der Waals surface area contributed by atoms with Crippen molar-refractivity contribution in [2.24, 2.45) is 0 Å². The number of rotatable bonds is 5. The summed E-state index contributed by atoms with van der Waals surface area (Å²) in [5.41, 5.74) is 10.9. The lowest BCUT2D eigenvalue weighted by molar-refractivity contribution is 0.669. The molecular formula is C56H34N2OS. The normalized spacial score (nSPS) is 12.0. The number of fused-ring (bicyclic) bond motifs is 11. The Morgan fingerprint density at radius 3 is 1.93 bits per heavy atom. The standard InChI is InChI=1S/C56H34N2OS/c1-2-15-38-32-52-47(31-37(38)14-1)42-18-5-8-22-50(42)58(52)40-33-46(56-48(34-40)44-20-7-10-26-54(44)60-56)36-27-29-39(30-28-36)57(49-23-11-16-35-13-3-4-17-41(35)49)51-24-12-21-45-43-19-6-9-25-53(43)59-55(45)51/h1-34H. The van der Waals surface area contributed by atoms with E-state index in [1.54, 1.807) is 0 Å². The lowest BCUT2D eigenvalue weighted by Gasteiger charge is -2.27. The van der Waals surface area contributed by atoms with Gasteiger partial charge in [-0.25, -0.2) is 0 Å². The summed E-state index contributed by atoms with van der Waals surface area (Å²) in [7, 11) is 0. The molecule has 10 aromatic carbocycles. The Morgan fingerprint density at radius 1 is 0.417 bits per heavy atom. The van der Waals surface area contributed by atoms with E-state index >= 15 is 0 Å². The number of furan rings is 1. The largest absolute Gasteiger partial charge is 0.454 e. The van der Waals surface area contributed by atoms with Gasteiger partial charge in [-0.15, -0.1) is 11.3 Å². The monoisotopic (exact) mass is 782 g/mol. The van der Waals surface area contributed by atoms with Gasteiger partial charge in [0.1, 0.15) is 5.58 Å². The first kappa shape index (κ1) is 33.3. The molecule has 60 heavy (non-hydrogen) atoms. The van der Waals surface area contributed by atoms with Crippen LogP contribution < -0.4 is 4.90 Å². The molecule has 0 fully saturated rings. The second kappa shape index (κ2) is 12.9. The van der Waals surface area contributed by atoms with Gasteiger partial charge >= 0.3 is 0 Å². The van der Waals surface area contributed by atoms with Crippen LogP contribution in [0.25, 0.3) is 102 Å². The van der Waals surface area contributed by atoms with Crippen molar-refractivity contribution in [2.45, 2.75) is 0 Å². The summed E-state index contributed by atoms with van der Waals surface area (Å²) in [6.07, 6.45) is 0. The van der Waals surface area contributed by atoms with E-state index in [1.165, 1.54) is 74.6 Å². The second-order valence-corrected chi connectivity index (χ2v) is 16.7. The fourth-order valence-electron chi connectivity index (χ4n) is 9.60. The second-order valence-electron chi connectivity index (χ2n) is 15.7. The molecule has 0 atom stereocenters. The predicted molar refractivity (Wildman–Crippen MR) is 256 cm³/mol. The average Bonchev–Trinajstić information content (AvgIpc) is 3.98. The maximum Gasteiger partial charge on any atom is 0.159 e. The number of nitrogens with zero attached hydrogens (tertiary/aromatic N) is 2. The van der Waals surface area contributed by atoms with E-state index in [0.29, 0.717) is 0 Å². The molecule has 0 N–H and O–H groups in total. The number of hydrogen-bond donors (Lipinski definition) is 0. The quantitative estimate of drug-likeness (QED) is 0.173. The van der Waals surface area contributed by atoms with Crippen molar-refractivity contribution in [1.82, 2.24) is 4.57 Å². The molecule has 13 rings (SSSR count). The minimum absolute atomic E-state index is 0.870. The zero-order chi connectivity index (χ0) is 39.3. The maximum absolute atomic E-state index is 6.68. The fourth-order valence-corrected chi connectivity index (χ4v) is 10.8. The summed E-state index contributed by atoms with van der Waals surface area (Å²) in [5.74, 6) is 0. The van der Waals surface area contributed by atoms with Gasteiger partial charge in [-0.05, 0) is 88.5 Å². The number of thiophene rings is 1. The van der Waals surface area contributed by atoms with E-state index in [0.717, 1.165) is 44.7 Å². The van der Waals surface area contributed by atoms with Crippen LogP contribution in [0.3, 0.4) is 0 Å². The summed E-state index contributed by atoms with van der Waals surface area (Å²) in [6.45, 7) is 0. The first-order valence-corrected chi connectivity index (χ1v) is 21.2. The summed E-state index contributed by atoms with van der Waals surface area (Å²) < 4.78 is 11.7. The molecule has 0 spiro atoms. The van der Waals surface area contributed by atoms with Crippen LogP contribution in [0.5, 0.6) is 0 Å². The van der Waals surface area contributed by atoms with Crippen molar-refractivity contribution in [1.29, 1.82) is 0 Å². The Balaban J connectivity index is 1.04. The first-order valence-electron chi connectivity index (χ1n) is 20.4. The van der Waals surface area contributed by atoms with Crippen LogP contribution >= 0.6 is 11.3 Å². The molecule has 3 aromatic heterocycles. The molecule has 4 heteroatoms. The van der Waals surface area contributed by atoms with Crippen LogP contribution in [0, 0.1) is 0 Å². The zero-order valence-corrected chi connectivity index (χ0v) is 33.2. The number of anilines is 3. The minimum atomic E-state index is 0.870. The molecule has 0 saturated heterocycles. The molecule has 0 unspecified atom stereocenters. The van der Waals surface area contributed by atoms with Crippen molar-refractivity contribution < 1.29 is 4.42 Å². The molecule has 280 valence electrons. The summed E-state index contributed by atoms with van der Waals surface area (Å²) >= 11 is 1.88. The molecule has 0 aliphatic rings. The Hall–Kier alpha value is -7.66. The molecule has 0 aliphatic carbocycles. The SMILES string of the molecule is c1ccc2cc3c(cc2c1)c1ccccc1n3-c1cc(-c2ccc(N(c3cccc4ccccc34)c3cccc4c3oc3ccccc34)cc2)c2sc3ccccc3c2c1. The zero-order valence-electron chi connectivity index (χ0n) is 32.3. The number of benzene rings is 10. The Morgan fingerprint density at radius 2 is 1.07 bits per heavy atom. The average molecular weight is 783 g/mol. The topological polar surface area (TPSA) is 21.3 Å². The summed E-state index contributed by atoms with van der Waals surface area (Å²) in [4.78, 5) is 2.37. The van der Waals surface area contributed by atoms with Crippen molar-refractivity contribution in [3.8, 4) is 16.8 Å². The highest BCUT2D eigenvalue weighted by Gasteiger charge is 2.22. The first-order chi connectivity index (χ1) is 29.7. The lowest BCUT2D eigenvalue weighted by atomic mass is 10.00. The molecule has 0 bridgehead atoms. The maximum atomic E-state index is 6.68. The van der Waals surface area contributed by atoms with Gasteiger partial charge < -0.3 is 13.9 Å². The fraction of sp³-hybridized carbons (Fsp3) is 0. The summed E-state index contributed by atoms with van der Waals surface area (Å²) in [6, 6.07) is 75.0. The smallest absolute Gasteiger partial charge is 0.159 e. The van der Waals surface area contributed by atoms with Crippen LogP contribution in [0.4, 0.5) is 17.1 Å². The number of hydrogen-bond acceptors (Lipinski definition) is 3. The molecule has 0 amide bonds. The third kappa shape index (κ3) is 4.95. The van der Waals surface area contributed by atoms with Gasteiger partial charge in [0, 0.05) is 64.0 Å². The number of para-hydroxylation sites is 3. The highest BCUT2D eigenvalue weighted by atomic mass is 32.1. The van der Waals surface area contributed by atoms with Gasteiger partial charge in [-0.1, -0.05) is 140 Å². The van der Waals surface area contributed by atoms with Crippen molar-refractivity contribution in [3.63, 3.8) is 0 Å². The molecule has 0 saturated carbocycles. The predicted octanol–water partition coefficient (Wildman–Crippen LogP) is 16.5. The molecule has 0 aliphatic heterocycles. The van der Waals surface area contributed by atoms with E-state index in [-0.39, 0.29) is 0 Å². The third-order valence-electron chi connectivity index (χ3n) is 12.3. The van der Waals surface area contributed by atoms with Crippen LogP contribution in [0.2, 0.25) is 0 Å². The van der Waals surface area contributed by atoms with Crippen molar-refractivity contribution >= 4 is 114 Å². The van der Waals surface area contributed by atoms with Gasteiger partial charge in [-0.2, -0.15) is 0 Å². The van der Waals surface area contributed by atoms with E-state index in [2.05, 4.69) is 210 Å². The van der Waals surface area contributed by atoms with E-state index < -0.39 is 0 Å². The third-order valence-corrected chi connectivity index (χ3v) is 13.5. The van der Waals surface area contributed by atoms with E-state index in [4.69, 9.17) is 4.42 Å². The van der Waals surface area contributed by atoms with Crippen molar-refractivity contribution in [3.05, 3.63) is 206 Å². The Labute approximate surface area is 349 Å². The van der Waals surface area contributed by atoms with E-state index in [1.807, 2.05) is 17.4 Å². The van der Waals surface area contributed by atoms with Gasteiger partial charge in [0.15, 0.2) is 5.58 Å². The Kier molecular flexibility index (Phi) is 7.18. The van der Waals surface area contributed by atoms with Gasteiger partial charge in [0.25, 0.3) is 0 Å². The summed E-state index contributed by atoms with van der Waals surface area (Å²) in [5, 5.41) is 12.1. The number of aromatic nitrogens is 1. The minimum Gasteiger partial charge on any atom is -0.454 e. The van der Waals surface area contributed by atoms with Gasteiger partial charge in [0.2, 0.25) is 0 Å². The van der Waals surface area contributed by atoms with Crippen LogP contribution in [-0.4, -0.2) is 4.57 Å². The van der Waals surface area contributed by atoms with E-state index in [9.17, 15) is 0 Å². The highest BCUT2D eigenvalue weighted by Crippen LogP contribution is 2.47. The molecule has 3 heterocycles. The van der Waals surface area contributed by atoms with Crippen LogP contribution in [-0.2, 0) is 0 Å². The Bertz CT molecular complexity index is 3840. The molecule has 3 nitrogen and oxygen atoms in total. The van der Waals surface area contributed by atoms with Crippen LogP contribution in [0.1, 0.15) is 0 Å². The molecule has 0 radical (unpaired) electrons. The van der Waals surface area contributed by atoms with Gasteiger partial charge in [-0.3, -0.25) is 0 Å². The van der Waals surface area contributed by atoms with Crippen molar-refractivity contribution in [2.75, 3.05) is 4.90 Å². The van der Waals surface area contributed by atoms with Gasteiger partial charge in [0.05, 0.1) is 22.4 Å².